The average molecular weight is 286 g/mol. The van der Waals surface area contributed by atoms with Gasteiger partial charge in [0.15, 0.2) is 0 Å². The number of amides is 1. The van der Waals surface area contributed by atoms with Gasteiger partial charge in [-0.3, -0.25) is 10.1 Å². The maximum absolute atomic E-state index is 11.8. The van der Waals surface area contributed by atoms with Gasteiger partial charge in [-0.2, -0.15) is 0 Å². The fourth-order valence-electron chi connectivity index (χ4n) is 2.41. The van der Waals surface area contributed by atoms with Gasteiger partial charge in [0.25, 0.3) is 0 Å². The second-order valence-electron chi connectivity index (χ2n) is 6.26. The van der Waals surface area contributed by atoms with Gasteiger partial charge in [0.1, 0.15) is 11.6 Å². The molecule has 0 aliphatic heterocycles. The Hall–Kier alpha value is -1.30. The van der Waals surface area contributed by atoms with Crippen molar-refractivity contribution in [1.29, 1.82) is 0 Å². The molecule has 0 heterocycles. The number of hydrogen-bond donors (Lipinski definition) is 3. The van der Waals surface area contributed by atoms with E-state index in [0.717, 1.165) is 19.3 Å². The zero-order valence-electron chi connectivity index (χ0n) is 12.7. The first kappa shape index (κ1) is 16.8. The van der Waals surface area contributed by atoms with Gasteiger partial charge in [0, 0.05) is 12.1 Å². The molecule has 1 rings (SSSR count). The molecule has 1 aliphatic rings. The molecule has 0 radical (unpaired) electrons. The third kappa shape index (κ3) is 5.36. The van der Waals surface area contributed by atoms with Crippen LogP contribution in [0.4, 0.5) is 4.79 Å². The number of alkyl carbamates (subject to hydrolysis) is 1. The topological polar surface area (TPSA) is 87.7 Å². The molecule has 0 aromatic carbocycles. The molecule has 3 atom stereocenters. The number of carbonyl (C=O) groups excluding carboxylic acids is 1. The van der Waals surface area contributed by atoms with E-state index in [9.17, 15) is 9.59 Å². The van der Waals surface area contributed by atoms with Gasteiger partial charge in [-0.25, -0.2) is 4.79 Å². The van der Waals surface area contributed by atoms with E-state index in [1.165, 1.54) is 0 Å². The van der Waals surface area contributed by atoms with Crippen LogP contribution < -0.4 is 10.6 Å². The molecule has 3 N–H and O–H groups in total. The first-order valence-corrected chi connectivity index (χ1v) is 7.21. The van der Waals surface area contributed by atoms with Gasteiger partial charge < -0.3 is 15.2 Å². The van der Waals surface area contributed by atoms with Crippen LogP contribution >= 0.6 is 0 Å². The summed E-state index contributed by atoms with van der Waals surface area (Å²) >= 11 is 0. The molecule has 1 fully saturated rings. The first-order valence-electron chi connectivity index (χ1n) is 7.21. The van der Waals surface area contributed by atoms with Crippen LogP contribution in [0.2, 0.25) is 0 Å². The molecule has 6 heteroatoms. The molecular formula is C14H26N2O4. The van der Waals surface area contributed by atoms with Crippen molar-refractivity contribution in [2.75, 3.05) is 0 Å². The molecule has 6 nitrogen and oxygen atoms in total. The lowest BCUT2D eigenvalue weighted by Gasteiger charge is -2.27. The van der Waals surface area contributed by atoms with Crippen LogP contribution in [0.1, 0.15) is 53.4 Å². The normalized spacial score (nSPS) is 24.2. The Labute approximate surface area is 120 Å². The monoisotopic (exact) mass is 286 g/mol. The summed E-state index contributed by atoms with van der Waals surface area (Å²) in [6.45, 7) is 7.27. The fourth-order valence-corrected chi connectivity index (χ4v) is 2.41. The Morgan fingerprint density at radius 3 is 2.40 bits per heavy atom. The van der Waals surface area contributed by atoms with Crippen LogP contribution in [0.3, 0.4) is 0 Å². The van der Waals surface area contributed by atoms with E-state index in [0.29, 0.717) is 6.42 Å². The molecule has 1 amide bonds. The zero-order chi connectivity index (χ0) is 15.3. The Balaban J connectivity index is 2.53. The fraction of sp³-hybridized carbons (Fsp3) is 0.857. The van der Waals surface area contributed by atoms with Crippen LogP contribution in [0.15, 0.2) is 0 Å². The number of rotatable bonds is 5. The molecule has 0 spiro atoms. The molecule has 3 unspecified atom stereocenters. The second-order valence-corrected chi connectivity index (χ2v) is 6.26. The molecule has 20 heavy (non-hydrogen) atoms. The van der Waals surface area contributed by atoms with E-state index in [1.807, 2.05) is 27.7 Å². The van der Waals surface area contributed by atoms with Crippen LogP contribution in [-0.4, -0.2) is 40.9 Å². The predicted octanol–water partition coefficient (Wildman–Crippen LogP) is 1.89. The Kier molecular flexibility index (Phi) is 5.80. The van der Waals surface area contributed by atoms with E-state index in [2.05, 4.69) is 10.6 Å². The number of carbonyl (C=O) groups is 2. The van der Waals surface area contributed by atoms with Gasteiger partial charge in [-0.05, 0) is 46.5 Å². The summed E-state index contributed by atoms with van der Waals surface area (Å²) in [6, 6.07) is -0.650. The third-order valence-corrected chi connectivity index (χ3v) is 3.34. The third-order valence-electron chi connectivity index (χ3n) is 3.34. The Morgan fingerprint density at radius 2 is 1.90 bits per heavy atom. The number of carboxylic acid groups (broad SMARTS) is 1. The summed E-state index contributed by atoms with van der Waals surface area (Å²) in [5.74, 6) is -0.851. The lowest BCUT2D eigenvalue weighted by atomic mass is 10.1. The first-order chi connectivity index (χ1) is 9.23. The van der Waals surface area contributed by atoms with Crippen molar-refractivity contribution in [2.45, 2.75) is 77.1 Å². The highest BCUT2D eigenvalue weighted by atomic mass is 16.6. The summed E-state index contributed by atoms with van der Waals surface area (Å²) in [6.07, 6.45) is 2.75. The van der Waals surface area contributed by atoms with Gasteiger partial charge in [0.2, 0.25) is 0 Å². The molecule has 0 aromatic rings. The molecule has 1 aliphatic carbocycles. The van der Waals surface area contributed by atoms with Crippen LogP contribution in [0, 0.1) is 0 Å². The maximum atomic E-state index is 11.8. The minimum Gasteiger partial charge on any atom is -0.480 e. The van der Waals surface area contributed by atoms with Gasteiger partial charge in [0.05, 0.1) is 0 Å². The number of aliphatic carboxylic acids is 1. The number of ether oxygens (including phenoxy) is 1. The molecule has 1 saturated carbocycles. The van der Waals surface area contributed by atoms with E-state index >= 15 is 0 Å². The highest BCUT2D eigenvalue weighted by molar-refractivity contribution is 5.73. The van der Waals surface area contributed by atoms with Crippen molar-refractivity contribution >= 4 is 12.1 Å². The number of hydrogen-bond acceptors (Lipinski definition) is 4. The molecular weight excluding hydrogens is 260 g/mol. The van der Waals surface area contributed by atoms with E-state index in [4.69, 9.17) is 9.84 Å². The predicted molar refractivity (Wildman–Crippen MR) is 75.6 cm³/mol. The Bertz CT molecular complexity index is 352. The number of carboxylic acids is 1. The van der Waals surface area contributed by atoms with E-state index < -0.39 is 23.7 Å². The summed E-state index contributed by atoms with van der Waals surface area (Å²) < 4.78 is 5.23. The molecule has 0 saturated heterocycles. The van der Waals surface area contributed by atoms with Crippen molar-refractivity contribution in [1.82, 2.24) is 10.6 Å². The number of nitrogens with one attached hydrogen (secondary N) is 2. The Morgan fingerprint density at radius 1 is 1.30 bits per heavy atom. The standard InChI is InChI=1S/C14H26N2O4/c1-5-9(12(17)18)15-10-7-6-8-11(10)16-13(19)20-14(2,3)4/h9-11,15H,5-8H2,1-4H3,(H,16,19)(H,17,18). The van der Waals surface area contributed by atoms with Crippen molar-refractivity contribution in [3.05, 3.63) is 0 Å². The maximum Gasteiger partial charge on any atom is 0.407 e. The van der Waals surface area contributed by atoms with Crippen molar-refractivity contribution < 1.29 is 19.4 Å². The quantitative estimate of drug-likeness (QED) is 0.718. The van der Waals surface area contributed by atoms with Crippen molar-refractivity contribution in [2.24, 2.45) is 0 Å². The summed E-state index contributed by atoms with van der Waals surface area (Å²) in [5, 5.41) is 15.0. The SMILES string of the molecule is CCC(NC1CCCC1NC(=O)OC(C)(C)C)C(=O)O. The van der Waals surface area contributed by atoms with E-state index in [1.54, 1.807) is 0 Å². The van der Waals surface area contributed by atoms with Crippen LogP contribution in [0.25, 0.3) is 0 Å². The largest absolute Gasteiger partial charge is 0.480 e. The van der Waals surface area contributed by atoms with E-state index in [-0.39, 0.29) is 12.1 Å². The minimum atomic E-state index is -0.851. The summed E-state index contributed by atoms with van der Waals surface area (Å²) in [4.78, 5) is 22.8. The summed E-state index contributed by atoms with van der Waals surface area (Å²) in [7, 11) is 0. The minimum absolute atomic E-state index is 0.0106. The van der Waals surface area contributed by atoms with Gasteiger partial charge in [-0.1, -0.05) is 6.92 Å². The van der Waals surface area contributed by atoms with Crippen molar-refractivity contribution in [3.63, 3.8) is 0 Å². The smallest absolute Gasteiger partial charge is 0.407 e. The molecule has 0 bridgehead atoms. The highest BCUT2D eigenvalue weighted by Gasteiger charge is 2.32. The van der Waals surface area contributed by atoms with Crippen LogP contribution in [0.5, 0.6) is 0 Å². The van der Waals surface area contributed by atoms with Crippen molar-refractivity contribution in [3.8, 4) is 0 Å². The zero-order valence-corrected chi connectivity index (χ0v) is 12.7. The van der Waals surface area contributed by atoms with Gasteiger partial charge in [-0.15, -0.1) is 0 Å². The lowest BCUT2D eigenvalue weighted by molar-refractivity contribution is -0.139. The van der Waals surface area contributed by atoms with Crippen LogP contribution in [-0.2, 0) is 9.53 Å². The average Bonchev–Trinajstić information content (AvgIpc) is 2.70. The highest BCUT2D eigenvalue weighted by Crippen LogP contribution is 2.20. The second kappa shape index (κ2) is 6.92. The van der Waals surface area contributed by atoms with Gasteiger partial charge >= 0.3 is 12.1 Å². The molecule has 0 aromatic heterocycles. The summed E-state index contributed by atoms with van der Waals surface area (Å²) in [5.41, 5.74) is -0.529. The lowest BCUT2D eigenvalue weighted by Crippen LogP contribution is -2.52. The molecule has 116 valence electrons.